The van der Waals surface area contributed by atoms with Crippen LogP contribution in [0.25, 0.3) is 17.0 Å². The van der Waals surface area contributed by atoms with Gasteiger partial charge in [-0.15, -0.1) is 0 Å². The van der Waals surface area contributed by atoms with Gasteiger partial charge in [-0.2, -0.15) is 0 Å². The lowest BCUT2D eigenvalue weighted by atomic mass is 9.77. The number of nitrogens with one attached hydrogen (secondary N) is 2. The molecule has 2 aromatic rings. The molecule has 1 amide bonds. The van der Waals surface area contributed by atoms with Gasteiger partial charge in [0.1, 0.15) is 5.60 Å². The molecule has 1 aliphatic rings. The van der Waals surface area contributed by atoms with E-state index in [2.05, 4.69) is 10.3 Å². The number of amides is 1. The van der Waals surface area contributed by atoms with Crippen LogP contribution in [0, 0.1) is 0 Å². The van der Waals surface area contributed by atoms with E-state index >= 15 is 0 Å². The van der Waals surface area contributed by atoms with E-state index in [0.29, 0.717) is 16.4 Å². The summed E-state index contributed by atoms with van der Waals surface area (Å²) in [7, 11) is -0.661. The molecule has 1 saturated heterocycles. The van der Waals surface area contributed by atoms with E-state index in [4.69, 9.17) is 14.0 Å². The maximum absolute atomic E-state index is 12.3. The Morgan fingerprint density at radius 2 is 1.81 bits per heavy atom. The van der Waals surface area contributed by atoms with Gasteiger partial charge in [-0.1, -0.05) is 18.2 Å². The number of ether oxygens (including phenoxy) is 1. The molecule has 0 bridgehead atoms. The molecule has 0 atom stereocenters. The number of alkyl carbamates (subject to hydrolysis) is 1. The second kappa shape index (κ2) is 8.17. The van der Waals surface area contributed by atoms with Crippen LogP contribution < -0.4 is 10.7 Å². The smallest absolute Gasteiger partial charge is 0.444 e. The summed E-state index contributed by atoms with van der Waals surface area (Å²) in [6.07, 6.45) is 2.98. The minimum atomic E-state index is -0.661. The molecule has 1 aliphatic heterocycles. The summed E-state index contributed by atoms with van der Waals surface area (Å²) in [6, 6.07) is 7.00. The van der Waals surface area contributed by atoms with Crippen LogP contribution in [0.5, 0.6) is 0 Å². The van der Waals surface area contributed by atoms with Crippen molar-refractivity contribution in [2.45, 2.75) is 65.3 Å². The van der Waals surface area contributed by atoms with E-state index in [9.17, 15) is 9.59 Å². The average molecular weight is 426 g/mol. The molecule has 0 unspecified atom stereocenters. The molecule has 1 aromatic heterocycles. The monoisotopic (exact) mass is 426 g/mol. The number of carbonyl (C=O) groups excluding carboxylic acids is 1. The van der Waals surface area contributed by atoms with E-state index in [1.165, 1.54) is 6.07 Å². The number of benzene rings is 1. The van der Waals surface area contributed by atoms with Crippen molar-refractivity contribution in [1.82, 2.24) is 10.3 Å². The number of carbonyl (C=O) groups is 1. The Morgan fingerprint density at radius 1 is 1.16 bits per heavy atom. The molecule has 8 heteroatoms. The molecule has 3 rings (SSSR count). The Bertz CT molecular complexity index is 1050. The molecule has 0 aliphatic carbocycles. The lowest BCUT2D eigenvalue weighted by Gasteiger charge is -2.32. The van der Waals surface area contributed by atoms with Crippen molar-refractivity contribution in [3.05, 3.63) is 51.7 Å². The predicted molar refractivity (Wildman–Crippen MR) is 123 cm³/mol. The molecule has 1 aromatic carbocycles. The van der Waals surface area contributed by atoms with Gasteiger partial charge in [0.05, 0.1) is 16.7 Å². The second-order valence-corrected chi connectivity index (χ2v) is 9.77. The fourth-order valence-electron chi connectivity index (χ4n) is 3.23. The fraction of sp³-hybridized carbons (Fsp3) is 0.478. The standard InChI is InChI=1S/C23H31BN2O5/c1-21(2,3)29-20(28)26-14-16(24-30-22(4,5)23(6,7)31-24)13-15-9-8-10-17-18(27)11-12-25-19(15)17/h8-13H,14H2,1-7H3,(H,25,27)(H,26,28). The average Bonchev–Trinajstić information content (AvgIpc) is 2.85. The van der Waals surface area contributed by atoms with Crippen LogP contribution >= 0.6 is 0 Å². The van der Waals surface area contributed by atoms with Crippen molar-refractivity contribution in [3.8, 4) is 0 Å². The van der Waals surface area contributed by atoms with Gasteiger partial charge in [0, 0.05) is 24.2 Å². The Morgan fingerprint density at radius 3 is 2.42 bits per heavy atom. The number of aromatic nitrogens is 1. The minimum Gasteiger partial charge on any atom is -0.444 e. The summed E-state index contributed by atoms with van der Waals surface area (Å²) in [5, 5.41) is 3.38. The summed E-state index contributed by atoms with van der Waals surface area (Å²) >= 11 is 0. The molecule has 166 valence electrons. The van der Waals surface area contributed by atoms with Gasteiger partial charge < -0.3 is 24.3 Å². The van der Waals surface area contributed by atoms with Crippen LogP contribution in [0.1, 0.15) is 54.0 Å². The Balaban J connectivity index is 1.98. The molecule has 2 N–H and O–H groups in total. The van der Waals surface area contributed by atoms with Gasteiger partial charge >= 0.3 is 13.2 Å². The zero-order valence-electron chi connectivity index (χ0n) is 19.3. The third-order valence-electron chi connectivity index (χ3n) is 5.56. The van der Waals surface area contributed by atoms with E-state index in [1.807, 2.05) is 66.7 Å². The van der Waals surface area contributed by atoms with Gasteiger partial charge in [0.2, 0.25) is 0 Å². The molecule has 0 saturated carbocycles. The normalized spacial score (nSPS) is 18.3. The van der Waals surface area contributed by atoms with Crippen LogP contribution in [0.2, 0.25) is 0 Å². The zero-order valence-corrected chi connectivity index (χ0v) is 19.3. The summed E-state index contributed by atoms with van der Waals surface area (Å²) in [6.45, 7) is 13.5. The molecule has 1 fully saturated rings. The first-order valence-electron chi connectivity index (χ1n) is 10.4. The first-order chi connectivity index (χ1) is 14.3. The molecule has 0 spiro atoms. The first kappa shape index (κ1) is 23.1. The fourth-order valence-corrected chi connectivity index (χ4v) is 3.23. The van der Waals surface area contributed by atoms with E-state index in [1.54, 1.807) is 12.3 Å². The SMILES string of the molecule is CC(C)(C)OC(=O)NCC(=Cc1cccc2c(=O)cc[nH]c12)B1OC(C)(C)C(C)(C)O1. The van der Waals surface area contributed by atoms with E-state index in [0.717, 1.165) is 5.56 Å². The van der Waals surface area contributed by atoms with E-state index < -0.39 is 30.0 Å². The van der Waals surface area contributed by atoms with Crippen LogP contribution in [-0.4, -0.2) is 41.5 Å². The van der Waals surface area contributed by atoms with Crippen LogP contribution in [-0.2, 0) is 14.0 Å². The summed E-state index contributed by atoms with van der Waals surface area (Å²) in [4.78, 5) is 27.6. The van der Waals surface area contributed by atoms with Crippen molar-refractivity contribution in [2.24, 2.45) is 0 Å². The molecule has 2 heterocycles. The van der Waals surface area contributed by atoms with Crippen molar-refractivity contribution < 1.29 is 18.8 Å². The third-order valence-corrected chi connectivity index (χ3v) is 5.56. The van der Waals surface area contributed by atoms with Crippen molar-refractivity contribution in [1.29, 1.82) is 0 Å². The number of hydrogen-bond donors (Lipinski definition) is 2. The largest absolute Gasteiger partial charge is 0.492 e. The van der Waals surface area contributed by atoms with E-state index in [-0.39, 0.29) is 12.0 Å². The number of H-pyrrole nitrogens is 1. The molecule has 0 radical (unpaired) electrons. The number of aromatic amines is 1. The van der Waals surface area contributed by atoms with Crippen molar-refractivity contribution in [2.75, 3.05) is 6.54 Å². The third kappa shape index (κ3) is 5.19. The highest BCUT2D eigenvalue weighted by atomic mass is 16.7. The van der Waals surface area contributed by atoms with Crippen LogP contribution in [0.3, 0.4) is 0 Å². The lowest BCUT2D eigenvalue weighted by molar-refractivity contribution is 0.00578. The number of rotatable bonds is 4. The number of fused-ring (bicyclic) bond motifs is 1. The Kier molecular flexibility index (Phi) is 6.08. The first-order valence-corrected chi connectivity index (χ1v) is 10.4. The molecular weight excluding hydrogens is 395 g/mol. The van der Waals surface area contributed by atoms with Gasteiger partial charge in [-0.3, -0.25) is 4.79 Å². The highest BCUT2D eigenvalue weighted by molar-refractivity contribution is 6.56. The minimum absolute atomic E-state index is 0.0620. The maximum atomic E-state index is 12.3. The Hall–Kier alpha value is -2.58. The van der Waals surface area contributed by atoms with Crippen molar-refractivity contribution in [3.63, 3.8) is 0 Å². The topological polar surface area (TPSA) is 89.7 Å². The van der Waals surface area contributed by atoms with Gasteiger partial charge in [0.25, 0.3) is 0 Å². The van der Waals surface area contributed by atoms with Gasteiger partial charge in [-0.25, -0.2) is 4.79 Å². The molecule has 7 nitrogen and oxygen atoms in total. The highest BCUT2D eigenvalue weighted by Gasteiger charge is 2.52. The lowest BCUT2D eigenvalue weighted by Crippen LogP contribution is -2.41. The van der Waals surface area contributed by atoms with Crippen LogP contribution in [0.4, 0.5) is 4.79 Å². The highest BCUT2D eigenvalue weighted by Crippen LogP contribution is 2.39. The zero-order chi connectivity index (χ0) is 23.0. The molecular formula is C23H31BN2O5. The van der Waals surface area contributed by atoms with Crippen molar-refractivity contribution >= 4 is 30.2 Å². The van der Waals surface area contributed by atoms with Crippen LogP contribution in [0.15, 0.2) is 40.7 Å². The molecule has 31 heavy (non-hydrogen) atoms. The maximum Gasteiger partial charge on any atom is 0.492 e. The number of hydrogen-bond acceptors (Lipinski definition) is 5. The quantitative estimate of drug-likeness (QED) is 0.720. The number of para-hydroxylation sites is 1. The second-order valence-electron chi connectivity index (χ2n) is 9.77. The number of pyridine rings is 1. The Labute approximate surface area is 183 Å². The summed E-state index contributed by atoms with van der Waals surface area (Å²) in [5.41, 5.74) is 0.487. The van der Waals surface area contributed by atoms with Gasteiger partial charge in [0.15, 0.2) is 5.43 Å². The summed E-state index contributed by atoms with van der Waals surface area (Å²) < 4.78 is 17.8. The summed E-state index contributed by atoms with van der Waals surface area (Å²) in [5.74, 6) is 0. The predicted octanol–water partition coefficient (Wildman–Crippen LogP) is 4.07. The van der Waals surface area contributed by atoms with Gasteiger partial charge in [-0.05, 0) is 65.6 Å².